The number of nitrogens with zero attached hydrogens (tertiary/aromatic N) is 2. The van der Waals surface area contributed by atoms with E-state index < -0.39 is 34.4 Å². The molecule has 3 rings (SSSR count). The molecule has 0 N–H and O–H groups in total. The minimum atomic E-state index is -0.835. The van der Waals surface area contributed by atoms with Gasteiger partial charge >= 0.3 is 11.9 Å². The summed E-state index contributed by atoms with van der Waals surface area (Å²) in [6.45, 7) is -0.307. The van der Waals surface area contributed by atoms with E-state index in [1.165, 1.54) is 43.5 Å². The van der Waals surface area contributed by atoms with Gasteiger partial charge in [0.05, 0.1) is 29.6 Å². The lowest BCUT2D eigenvalue weighted by atomic mass is 10.1. The van der Waals surface area contributed by atoms with Crippen molar-refractivity contribution in [2.45, 2.75) is 6.42 Å². The minimum Gasteiger partial charge on any atom is -0.465 e. The maximum atomic E-state index is 12.5. The van der Waals surface area contributed by atoms with Crippen LogP contribution in [0.15, 0.2) is 42.5 Å². The molecule has 0 fully saturated rings. The molecule has 0 aliphatic carbocycles. The van der Waals surface area contributed by atoms with E-state index in [-0.39, 0.29) is 35.4 Å². The largest absolute Gasteiger partial charge is 0.465 e. The predicted octanol–water partition coefficient (Wildman–Crippen LogP) is 1.97. The summed E-state index contributed by atoms with van der Waals surface area (Å²) in [5.41, 5.74) is -0.652. The first kappa shape index (κ1) is 19.7. The third-order valence-corrected chi connectivity index (χ3v) is 4.20. The molecule has 2 amide bonds. The second-order valence-electron chi connectivity index (χ2n) is 5.96. The maximum Gasteiger partial charge on any atom is 0.337 e. The van der Waals surface area contributed by atoms with Crippen molar-refractivity contribution < 1.29 is 33.6 Å². The first-order valence-corrected chi connectivity index (χ1v) is 8.36. The Morgan fingerprint density at radius 3 is 2.52 bits per heavy atom. The van der Waals surface area contributed by atoms with Gasteiger partial charge in [0.1, 0.15) is 11.3 Å². The molecule has 2 aromatic carbocycles. The lowest BCUT2D eigenvalue weighted by molar-refractivity contribution is -0.385. The highest BCUT2D eigenvalue weighted by Gasteiger charge is 2.40. The summed E-state index contributed by atoms with van der Waals surface area (Å²) >= 11 is 0. The zero-order valence-electron chi connectivity index (χ0n) is 15.1. The lowest BCUT2D eigenvalue weighted by Gasteiger charge is -2.13. The van der Waals surface area contributed by atoms with Crippen LogP contribution in [0.3, 0.4) is 0 Å². The van der Waals surface area contributed by atoms with Gasteiger partial charge in [-0.15, -0.1) is 0 Å². The Morgan fingerprint density at radius 1 is 1.10 bits per heavy atom. The van der Waals surface area contributed by atoms with Gasteiger partial charge in [-0.1, -0.05) is 12.1 Å². The third-order valence-electron chi connectivity index (χ3n) is 4.20. The first-order chi connectivity index (χ1) is 13.8. The minimum absolute atomic E-state index is 0.0802. The van der Waals surface area contributed by atoms with Crippen molar-refractivity contribution in [2.24, 2.45) is 0 Å². The van der Waals surface area contributed by atoms with E-state index in [2.05, 4.69) is 4.74 Å². The average Bonchev–Trinajstić information content (AvgIpc) is 2.96. The summed E-state index contributed by atoms with van der Waals surface area (Å²) in [7, 11) is 1.22. The average molecular weight is 398 g/mol. The van der Waals surface area contributed by atoms with Crippen molar-refractivity contribution in [3.05, 3.63) is 69.3 Å². The van der Waals surface area contributed by atoms with E-state index in [9.17, 15) is 29.3 Å². The number of nitro groups is 1. The van der Waals surface area contributed by atoms with Gasteiger partial charge in [-0.2, -0.15) is 0 Å². The molecule has 0 aromatic heterocycles. The van der Waals surface area contributed by atoms with Crippen LogP contribution in [0.25, 0.3) is 0 Å². The fourth-order valence-electron chi connectivity index (χ4n) is 2.86. The van der Waals surface area contributed by atoms with Gasteiger partial charge < -0.3 is 9.47 Å². The number of ether oxygens (including phenoxy) is 2. The summed E-state index contributed by atoms with van der Waals surface area (Å²) in [6.07, 6.45) is -0.332. The van der Waals surface area contributed by atoms with Crippen LogP contribution in [-0.2, 0) is 9.53 Å². The molecule has 0 atom stereocenters. The molecule has 1 heterocycles. The van der Waals surface area contributed by atoms with Crippen molar-refractivity contribution in [3.8, 4) is 5.75 Å². The van der Waals surface area contributed by atoms with Crippen molar-refractivity contribution >= 4 is 29.4 Å². The number of benzene rings is 2. The van der Waals surface area contributed by atoms with Crippen LogP contribution in [-0.4, -0.2) is 47.2 Å². The molecule has 0 saturated carbocycles. The molecule has 0 unspecified atom stereocenters. The Hall–Kier alpha value is -4.08. The number of imide groups is 1. The second-order valence-corrected chi connectivity index (χ2v) is 5.96. The fraction of sp³-hybridized carbons (Fsp3) is 0.158. The number of esters is 2. The predicted molar refractivity (Wildman–Crippen MR) is 96.5 cm³/mol. The number of hydrogen-bond acceptors (Lipinski definition) is 8. The van der Waals surface area contributed by atoms with Gasteiger partial charge in [-0.05, 0) is 24.3 Å². The standard InChI is InChI=1S/C19H14N2O8/c1-28-19(25)11-4-2-5-12(10-11)29-15(22)8-9-20-17(23)13-6-3-7-14(21(26)27)16(13)18(20)24/h2-7,10H,8-9H2,1H3. The number of carbonyl (C=O) groups excluding carboxylic acids is 4. The SMILES string of the molecule is COC(=O)c1cccc(OC(=O)CCN2C(=O)c3cccc([N+](=O)[O-])c3C2=O)c1. The van der Waals surface area contributed by atoms with Crippen LogP contribution in [0.4, 0.5) is 5.69 Å². The monoisotopic (exact) mass is 398 g/mol. The number of carbonyl (C=O) groups is 4. The van der Waals surface area contributed by atoms with Crippen LogP contribution >= 0.6 is 0 Å². The van der Waals surface area contributed by atoms with Crippen molar-refractivity contribution in [3.63, 3.8) is 0 Å². The van der Waals surface area contributed by atoms with E-state index in [0.717, 1.165) is 11.0 Å². The molecule has 29 heavy (non-hydrogen) atoms. The number of fused-ring (bicyclic) bond motifs is 1. The molecule has 0 spiro atoms. The Morgan fingerprint density at radius 2 is 1.83 bits per heavy atom. The van der Waals surface area contributed by atoms with Crippen LogP contribution in [0, 0.1) is 10.1 Å². The molecule has 148 valence electrons. The summed E-state index contributed by atoms with van der Waals surface area (Å²) in [5.74, 6) is -2.81. The van der Waals surface area contributed by atoms with Crippen LogP contribution < -0.4 is 4.74 Å². The zero-order chi connectivity index (χ0) is 21.1. The van der Waals surface area contributed by atoms with Crippen molar-refractivity contribution in [1.82, 2.24) is 4.90 Å². The van der Waals surface area contributed by atoms with E-state index in [0.29, 0.717) is 0 Å². The van der Waals surface area contributed by atoms with E-state index in [1.807, 2.05) is 0 Å². The number of hydrogen-bond donors (Lipinski definition) is 0. The topological polar surface area (TPSA) is 133 Å². The van der Waals surface area contributed by atoms with Crippen LogP contribution in [0.1, 0.15) is 37.5 Å². The Bertz CT molecular complexity index is 1050. The molecule has 1 aliphatic rings. The highest BCUT2D eigenvalue weighted by Crippen LogP contribution is 2.30. The van der Waals surface area contributed by atoms with Crippen molar-refractivity contribution in [2.75, 3.05) is 13.7 Å². The Kier molecular flexibility index (Phi) is 5.35. The van der Waals surface area contributed by atoms with Gasteiger partial charge in [-0.25, -0.2) is 4.79 Å². The maximum absolute atomic E-state index is 12.5. The normalized spacial score (nSPS) is 12.5. The highest BCUT2D eigenvalue weighted by atomic mass is 16.6. The van der Waals surface area contributed by atoms with Crippen molar-refractivity contribution in [1.29, 1.82) is 0 Å². The van der Waals surface area contributed by atoms with Crippen LogP contribution in [0.5, 0.6) is 5.75 Å². The van der Waals surface area contributed by atoms with Gasteiger partial charge in [0, 0.05) is 12.6 Å². The molecule has 0 bridgehead atoms. The highest BCUT2D eigenvalue weighted by molar-refractivity contribution is 6.23. The second kappa shape index (κ2) is 7.89. The molecule has 0 saturated heterocycles. The zero-order valence-corrected chi connectivity index (χ0v) is 15.1. The van der Waals surface area contributed by atoms with E-state index in [4.69, 9.17) is 4.74 Å². The number of nitro benzene ring substituents is 1. The van der Waals surface area contributed by atoms with E-state index >= 15 is 0 Å². The molecular weight excluding hydrogens is 384 g/mol. The number of rotatable bonds is 6. The summed E-state index contributed by atoms with van der Waals surface area (Å²) in [5, 5.41) is 11.1. The number of amides is 2. The quantitative estimate of drug-likeness (QED) is 0.237. The molecule has 10 nitrogen and oxygen atoms in total. The van der Waals surface area contributed by atoms with Gasteiger partial charge in [0.25, 0.3) is 17.5 Å². The number of methoxy groups -OCH3 is 1. The molecule has 1 aliphatic heterocycles. The van der Waals surface area contributed by atoms with Gasteiger partial charge in [0.15, 0.2) is 0 Å². The van der Waals surface area contributed by atoms with E-state index in [1.54, 1.807) is 0 Å². The Balaban J connectivity index is 1.68. The third kappa shape index (κ3) is 3.81. The molecular formula is C19H14N2O8. The molecule has 0 radical (unpaired) electrons. The molecule has 2 aromatic rings. The smallest absolute Gasteiger partial charge is 0.337 e. The molecule has 10 heteroatoms. The fourth-order valence-corrected chi connectivity index (χ4v) is 2.86. The van der Waals surface area contributed by atoms with Gasteiger partial charge in [0.2, 0.25) is 0 Å². The summed E-state index contributed by atoms with van der Waals surface area (Å²) in [4.78, 5) is 59.6. The first-order valence-electron chi connectivity index (χ1n) is 8.36. The van der Waals surface area contributed by atoms with Crippen LogP contribution in [0.2, 0.25) is 0 Å². The Labute approximate surface area is 163 Å². The van der Waals surface area contributed by atoms with Gasteiger partial charge in [-0.3, -0.25) is 29.4 Å². The lowest BCUT2D eigenvalue weighted by Crippen LogP contribution is -2.32. The summed E-state index contributed by atoms with van der Waals surface area (Å²) in [6, 6.07) is 9.52. The summed E-state index contributed by atoms with van der Waals surface area (Å²) < 4.78 is 9.70.